The van der Waals surface area contributed by atoms with Gasteiger partial charge in [0.05, 0.1) is 11.4 Å². The first-order valence-electron chi connectivity index (χ1n) is 6.91. The van der Waals surface area contributed by atoms with Crippen LogP contribution in [-0.2, 0) is 16.4 Å². The number of hydrogen-bond donors (Lipinski definition) is 2. The van der Waals surface area contributed by atoms with E-state index in [-0.39, 0.29) is 10.6 Å². The van der Waals surface area contributed by atoms with E-state index in [1.165, 1.54) is 0 Å². The van der Waals surface area contributed by atoms with E-state index < -0.39 is 10.0 Å². The topological polar surface area (TPSA) is 72.2 Å². The molecule has 0 spiro atoms. The van der Waals surface area contributed by atoms with Crippen molar-refractivity contribution in [1.82, 2.24) is 0 Å². The van der Waals surface area contributed by atoms with E-state index in [9.17, 15) is 8.42 Å². The summed E-state index contributed by atoms with van der Waals surface area (Å²) >= 11 is 0. The maximum Gasteiger partial charge on any atom is 0.264 e. The quantitative estimate of drug-likeness (QED) is 0.832. The molecule has 112 valence electrons. The summed E-state index contributed by atoms with van der Waals surface area (Å²) in [5, 5.41) is 0. The van der Waals surface area contributed by atoms with Crippen LogP contribution in [0.15, 0.2) is 47.4 Å². The second kappa shape index (κ2) is 6.18. The van der Waals surface area contributed by atoms with Crippen LogP contribution < -0.4 is 10.5 Å². The summed E-state index contributed by atoms with van der Waals surface area (Å²) in [6.45, 7) is 3.80. The van der Waals surface area contributed by atoms with E-state index in [4.69, 9.17) is 5.73 Å². The molecule has 2 rings (SSSR count). The van der Waals surface area contributed by atoms with Gasteiger partial charge in [0.25, 0.3) is 10.0 Å². The fraction of sp³-hybridized carbons (Fsp3) is 0.250. The SMILES string of the molecule is CCCc1ccccc1NS(=O)(=O)c1c(C)cccc1N. The standard InChI is InChI=1S/C16H20N2O2S/c1-3-7-13-9-4-5-11-15(13)18-21(19,20)16-12(2)8-6-10-14(16)17/h4-6,8-11,18H,3,7,17H2,1-2H3. The number of benzene rings is 2. The third kappa shape index (κ3) is 3.36. The first-order valence-corrected chi connectivity index (χ1v) is 8.40. The summed E-state index contributed by atoms with van der Waals surface area (Å²) < 4.78 is 27.9. The van der Waals surface area contributed by atoms with Gasteiger partial charge in [-0.1, -0.05) is 43.7 Å². The van der Waals surface area contributed by atoms with Gasteiger partial charge in [0.15, 0.2) is 0 Å². The average molecular weight is 304 g/mol. The van der Waals surface area contributed by atoms with Gasteiger partial charge in [0.2, 0.25) is 0 Å². The number of para-hydroxylation sites is 1. The van der Waals surface area contributed by atoms with Crippen LogP contribution in [0, 0.1) is 6.92 Å². The van der Waals surface area contributed by atoms with Gasteiger partial charge in [0.1, 0.15) is 4.90 Å². The molecule has 3 N–H and O–H groups in total. The zero-order valence-corrected chi connectivity index (χ0v) is 13.1. The molecule has 0 bridgehead atoms. The second-order valence-corrected chi connectivity index (χ2v) is 6.63. The summed E-state index contributed by atoms with van der Waals surface area (Å²) in [6, 6.07) is 12.5. The van der Waals surface area contributed by atoms with Crippen molar-refractivity contribution < 1.29 is 8.42 Å². The van der Waals surface area contributed by atoms with Gasteiger partial charge in [-0.2, -0.15) is 0 Å². The third-order valence-electron chi connectivity index (χ3n) is 3.29. The Kier molecular flexibility index (Phi) is 4.53. The molecule has 0 radical (unpaired) electrons. The highest BCUT2D eigenvalue weighted by Gasteiger charge is 2.20. The van der Waals surface area contributed by atoms with Crippen molar-refractivity contribution in [2.45, 2.75) is 31.6 Å². The Morgan fingerprint density at radius 3 is 2.48 bits per heavy atom. The second-order valence-electron chi connectivity index (χ2n) is 5.01. The molecule has 0 aliphatic rings. The van der Waals surface area contributed by atoms with Gasteiger partial charge in [0, 0.05) is 0 Å². The summed E-state index contributed by atoms with van der Waals surface area (Å²) in [5.41, 5.74) is 8.33. The molecule has 0 aliphatic heterocycles. The Morgan fingerprint density at radius 2 is 1.81 bits per heavy atom. The Bertz CT molecular complexity index is 719. The first kappa shape index (κ1) is 15.4. The van der Waals surface area contributed by atoms with Gasteiger partial charge in [-0.05, 0) is 36.6 Å². The Labute approximate surface area is 126 Å². The van der Waals surface area contributed by atoms with Crippen molar-refractivity contribution in [3.05, 3.63) is 53.6 Å². The largest absolute Gasteiger partial charge is 0.398 e. The molecule has 2 aromatic carbocycles. The zero-order valence-electron chi connectivity index (χ0n) is 12.3. The molecule has 0 aromatic heterocycles. The highest BCUT2D eigenvalue weighted by Crippen LogP contribution is 2.26. The maximum absolute atomic E-state index is 12.6. The molecule has 21 heavy (non-hydrogen) atoms. The van der Waals surface area contributed by atoms with Crippen LogP contribution in [0.4, 0.5) is 11.4 Å². The molecule has 0 aliphatic carbocycles. The number of nitrogens with two attached hydrogens (primary N) is 1. The van der Waals surface area contributed by atoms with Crippen molar-refractivity contribution in [3.63, 3.8) is 0 Å². The minimum atomic E-state index is -3.69. The molecule has 0 unspecified atom stereocenters. The molecule has 0 saturated heterocycles. The van der Waals surface area contributed by atoms with Crippen molar-refractivity contribution in [3.8, 4) is 0 Å². The monoisotopic (exact) mass is 304 g/mol. The number of sulfonamides is 1. The lowest BCUT2D eigenvalue weighted by Gasteiger charge is -2.15. The van der Waals surface area contributed by atoms with E-state index in [1.54, 1.807) is 31.2 Å². The third-order valence-corrected chi connectivity index (χ3v) is 4.88. The highest BCUT2D eigenvalue weighted by atomic mass is 32.2. The highest BCUT2D eigenvalue weighted by molar-refractivity contribution is 7.93. The summed E-state index contributed by atoms with van der Waals surface area (Å²) in [7, 11) is -3.69. The molecule has 0 fully saturated rings. The van der Waals surface area contributed by atoms with Crippen LogP contribution in [0.2, 0.25) is 0 Å². The van der Waals surface area contributed by atoms with E-state index in [2.05, 4.69) is 11.6 Å². The minimum absolute atomic E-state index is 0.149. The van der Waals surface area contributed by atoms with Crippen molar-refractivity contribution >= 4 is 21.4 Å². The van der Waals surface area contributed by atoms with E-state index >= 15 is 0 Å². The number of anilines is 2. The zero-order chi connectivity index (χ0) is 15.5. The predicted molar refractivity (Wildman–Crippen MR) is 86.8 cm³/mol. The molecule has 0 atom stereocenters. The van der Waals surface area contributed by atoms with Crippen LogP contribution in [0.3, 0.4) is 0 Å². The Hall–Kier alpha value is -2.01. The number of aryl methyl sites for hydroxylation is 2. The van der Waals surface area contributed by atoms with Gasteiger partial charge < -0.3 is 5.73 Å². The van der Waals surface area contributed by atoms with Crippen LogP contribution in [0.25, 0.3) is 0 Å². The predicted octanol–water partition coefficient (Wildman–Crippen LogP) is 3.33. The smallest absolute Gasteiger partial charge is 0.264 e. The molecule has 0 saturated carbocycles. The number of rotatable bonds is 5. The lowest BCUT2D eigenvalue weighted by molar-refractivity contribution is 0.601. The van der Waals surface area contributed by atoms with E-state index in [1.807, 2.05) is 18.2 Å². The van der Waals surface area contributed by atoms with E-state index in [0.29, 0.717) is 11.3 Å². The van der Waals surface area contributed by atoms with Gasteiger partial charge in [-0.3, -0.25) is 4.72 Å². The molecular weight excluding hydrogens is 284 g/mol. The summed E-state index contributed by atoms with van der Waals surface area (Å²) in [5.74, 6) is 0. The van der Waals surface area contributed by atoms with Crippen molar-refractivity contribution in [1.29, 1.82) is 0 Å². The average Bonchev–Trinajstić information content (AvgIpc) is 2.40. The maximum atomic E-state index is 12.6. The van der Waals surface area contributed by atoms with Crippen LogP contribution >= 0.6 is 0 Å². The van der Waals surface area contributed by atoms with Crippen LogP contribution in [0.1, 0.15) is 24.5 Å². The normalized spacial score (nSPS) is 11.3. The number of nitrogen functional groups attached to an aromatic ring is 1. The Balaban J connectivity index is 2.43. The molecule has 5 heteroatoms. The van der Waals surface area contributed by atoms with Crippen LogP contribution in [-0.4, -0.2) is 8.42 Å². The van der Waals surface area contributed by atoms with Crippen LogP contribution in [0.5, 0.6) is 0 Å². The van der Waals surface area contributed by atoms with Crippen molar-refractivity contribution in [2.24, 2.45) is 0 Å². The molecule has 2 aromatic rings. The summed E-state index contributed by atoms with van der Waals surface area (Å²) in [4.78, 5) is 0.149. The first-order chi connectivity index (χ1) is 9.95. The molecule has 0 heterocycles. The minimum Gasteiger partial charge on any atom is -0.398 e. The number of nitrogens with one attached hydrogen (secondary N) is 1. The summed E-state index contributed by atoms with van der Waals surface area (Å²) in [6.07, 6.45) is 1.77. The van der Waals surface area contributed by atoms with E-state index in [0.717, 1.165) is 18.4 Å². The van der Waals surface area contributed by atoms with Gasteiger partial charge in [-0.25, -0.2) is 8.42 Å². The lowest BCUT2D eigenvalue weighted by atomic mass is 10.1. The fourth-order valence-corrected chi connectivity index (χ4v) is 3.81. The Morgan fingerprint density at radius 1 is 1.10 bits per heavy atom. The fourth-order valence-electron chi connectivity index (χ4n) is 2.35. The molecular formula is C16H20N2O2S. The number of hydrogen-bond acceptors (Lipinski definition) is 3. The lowest BCUT2D eigenvalue weighted by Crippen LogP contribution is -2.17. The van der Waals surface area contributed by atoms with Gasteiger partial charge >= 0.3 is 0 Å². The molecule has 4 nitrogen and oxygen atoms in total. The molecule has 0 amide bonds. The van der Waals surface area contributed by atoms with Crippen molar-refractivity contribution in [2.75, 3.05) is 10.5 Å². The van der Waals surface area contributed by atoms with Gasteiger partial charge in [-0.15, -0.1) is 0 Å².